The largest absolute Gasteiger partial charge is 0.381 e. The number of nitrogens with zero attached hydrogens (tertiary/aromatic N) is 1. The fourth-order valence-corrected chi connectivity index (χ4v) is 4.07. The van der Waals surface area contributed by atoms with Crippen LogP contribution in [0.2, 0.25) is 5.02 Å². The maximum Gasteiger partial charge on any atom is 0.242 e. The molecular formula is C12H19ClN4O3S. The Morgan fingerprint density at radius 1 is 1.52 bits per heavy atom. The number of anilines is 1. The second-order valence-electron chi connectivity index (χ2n) is 5.60. The summed E-state index contributed by atoms with van der Waals surface area (Å²) in [6.07, 6.45) is 1.88. The molecular weight excluding hydrogens is 316 g/mol. The highest BCUT2D eigenvalue weighted by molar-refractivity contribution is 7.89. The van der Waals surface area contributed by atoms with Gasteiger partial charge in [-0.3, -0.25) is 0 Å². The van der Waals surface area contributed by atoms with Crippen LogP contribution in [0.1, 0.15) is 20.3 Å². The van der Waals surface area contributed by atoms with Gasteiger partial charge in [-0.1, -0.05) is 25.4 Å². The van der Waals surface area contributed by atoms with Crippen LogP contribution < -0.4 is 16.0 Å². The Kier molecular flexibility index (Phi) is 4.46. The Morgan fingerprint density at radius 3 is 2.67 bits per heavy atom. The van der Waals surface area contributed by atoms with Gasteiger partial charge in [-0.05, 0) is 12.5 Å². The lowest BCUT2D eigenvalue weighted by atomic mass is 9.65. The summed E-state index contributed by atoms with van der Waals surface area (Å²) < 4.78 is 32.7. The standard InChI is InChI=1S/C12H19ClN4O3S/c1-12(2)9(5-10(12)20-3)17-21(18,19)7-4-8(13)11(16-14)15-6-7/h4,6,9-10,17H,5,14H2,1-3H3,(H,15,16). The van der Waals surface area contributed by atoms with Crippen molar-refractivity contribution in [2.45, 2.75) is 37.3 Å². The van der Waals surface area contributed by atoms with E-state index in [1.807, 2.05) is 13.8 Å². The van der Waals surface area contributed by atoms with Crippen molar-refractivity contribution < 1.29 is 13.2 Å². The number of nitrogen functional groups attached to an aromatic ring is 1. The van der Waals surface area contributed by atoms with Crippen molar-refractivity contribution in [3.05, 3.63) is 17.3 Å². The highest BCUT2D eigenvalue weighted by Crippen LogP contribution is 2.43. The molecule has 0 radical (unpaired) electrons. The van der Waals surface area contributed by atoms with Gasteiger partial charge in [0.2, 0.25) is 10.0 Å². The van der Waals surface area contributed by atoms with Crippen molar-refractivity contribution in [3.63, 3.8) is 0 Å². The van der Waals surface area contributed by atoms with E-state index in [1.165, 1.54) is 12.3 Å². The van der Waals surface area contributed by atoms with Gasteiger partial charge in [-0.2, -0.15) is 0 Å². The van der Waals surface area contributed by atoms with Crippen LogP contribution in [0.4, 0.5) is 5.82 Å². The van der Waals surface area contributed by atoms with Crippen molar-refractivity contribution in [2.24, 2.45) is 11.3 Å². The second-order valence-corrected chi connectivity index (χ2v) is 7.72. The third-order valence-electron chi connectivity index (χ3n) is 4.02. The molecule has 1 aliphatic rings. The lowest BCUT2D eigenvalue weighted by molar-refractivity contribution is -0.0908. The number of pyridine rings is 1. The topological polar surface area (TPSA) is 106 Å². The Balaban J connectivity index is 2.18. The predicted octanol–water partition coefficient (Wildman–Crippen LogP) is 1.11. The number of ether oxygens (including phenoxy) is 1. The molecule has 1 saturated carbocycles. The number of rotatable bonds is 5. The van der Waals surface area contributed by atoms with Gasteiger partial charge in [0.1, 0.15) is 4.90 Å². The minimum Gasteiger partial charge on any atom is -0.381 e. The Labute approximate surface area is 129 Å². The van der Waals surface area contributed by atoms with Crippen LogP contribution in [0.3, 0.4) is 0 Å². The number of methoxy groups -OCH3 is 1. The van der Waals surface area contributed by atoms with Crippen LogP contribution in [0.25, 0.3) is 0 Å². The molecule has 0 amide bonds. The maximum absolute atomic E-state index is 12.4. The van der Waals surface area contributed by atoms with Crippen molar-refractivity contribution in [3.8, 4) is 0 Å². The highest BCUT2D eigenvalue weighted by atomic mass is 35.5. The predicted molar refractivity (Wildman–Crippen MR) is 80.4 cm³/mol. The van der Waals surface area contributed by atoms with E-state index in [1.54, 1.807) is 7.11 Å². The summed E-state index contributed by atoms with van der Waals surface area (Å²) in [6.45, 7) is 3.93. The first-order valence-electron chi connectivity index (χ1n) is 6.39. The molecule has 2 rings (SSSR count). The summed E-state index contributed by atoms with van der Waals surface area (Å²) in [6, 6.07) is 1.12. The number of hydrazine groups is 1. The SMILES string of the molecule is COC1CC(NS(=O)(=O)c2cnc(NN)c(Cl)c2)C1(C)C. The first kappa shape index (κ1) is 16.4. The fourth-order valence-electron chi connectivity index (χ4n) is 2.41. The monoisotopic (exact) mass is 334 g/mol. The number of aromatic nitrogens is 1. The molecule has 9 heteroatoms. The summed E-state index contributed by atoms with van der Waals surface area (Å²) in [5.74, 6) is 5.43. The van der Waals surface area contributed by atoms with Crippen molar-refractivity contribution in [1.29, 1.82) is 0 Å². The van der Waals surface area contributed by atoms with E-state index in [0.29, 0.717) is 6.42 Å². The van der Waals surface area contributed by atoms with Crippen molar-refractivity contribution >= 4 is 27.4 Å². The Morgan fingerprint density at radius 2 is 2.19 bits per heavy atom. The van der Waals surface area contributed by atoms with E-state index in [9.17, 15) is 8.42 Å². The smallest absolute Gasteiger partial charge is 0.242 e. The lowest BCUT2D eigenvalue weighted by Crippen LogP contribution is -2.61. The van der Waals surface area contributed by atoms with Crippen molar-refractivity contribution in [2.75, 3.05) is 12.5 Å². The van der Waals surface area contributed by atoms with Gasteiger partial charge in [-0.15, -0.1) is 0 Å². The summed E-state index contributed by atoms with van der Waals surface area (Å²) in [5, 5.41) is 0.142. The zero-order valence-corrected chi connectivity index (χ0v) is 13.6. The third-order valence-corrected chi connectivity index (χ3v) is 5.75. The van der Waals surface area contributed by atoms with Crippen LogP contribution in [0.5, 0.6) is 0 Å². The van der Waals surface area contributed by atoms with E-state index in [4.69, 9.17) is 22.2 Å². The Bertz CT molecular complexity index is 635. The summed E-state index contributed by atoms with van der Waals surface area (Å²) in [7, 11) is -2.07. The summed E-state index contributed by atoms with van der Waals surface area (Å²) in [4.78, 5) is 3.87. The quantitative estimate of drug-likeness (QED) is 0.550. The molecule has 4 N–H and O–H groups in total. The first-order chi connectivity index (χ1) is 9.72. The minimum atomic E-state index is -3.69. The van der Waals surface area contributed by atoms with Gasteiger partial charge < -0.3 is 10.2 Å². The molecule has 0 aliphatic heterocycles. The number of hydrogen-bond acceptors (Lipinski definition) is 6. The van der Waals surface area contributed by atoms with E-state index in [-0.39, 0.29) is 33.3 Å². The molecule has 0 aromatic carbocycles. The molecule has 1 aromatic rings. The number of hydrogen-bond donors (Lipinski definition) is 3. The molecule has 21 heavy (non-hydrogen) atoms. The Hall–Kier alpha value is -0.930. The summed E-state index contributed by atoms with van der Waals surface area (Å²) >= 11 is 5.90. The number of halogens is 1. The van der Waals surface area contributed by atoms with Gasteiger partial charge in [-0.25, -0.2) is 24.0 Å². The molecule has 2 atom stereocenters. The molecule has 118 valence electrons. The van der Waals surface area contributed by atoms with Crippen LogP contribution in [0.15, 0.2) is 17.2 Å². The van der Waals surface area contributed by atoms with E-state index in [2.05, 4.69) is 15.1 Å². The van der Waals surface area contributed by atoms with Gasteiger partial charge in [0.25, 0.3) is 0 Å². The zero-order chi connectivity index (χ0) is 15.8. The molecule has 0 bridgehead atoms. The second kappa shape index (κ2) is 5.69. The maximum atomic E-state index is 12.4. The van der Waals surface area contributed by atoms with Gasteiger partial charge in [0.15, 0.2) is 5.82 Å². The minimum absolute atomic E-state index is 0.00293. The lowest BCUT2D eigenvalue weighted by Gasteiger charge is -2.50. The first-order valence-corrected chi connectivity index (χ1v) is 8.25. The van der Waals surface area contributed by atoms with Crippen LogP contribution in [0, 0.1) is 5.41 Å². The molecule has 7 nitrogen and oxygen atoms in total. The van der Waals surface area contributed by atoms with Gasteiger partial charge in [0.05, 0.1) is 11.1 Å². The van der Waals surface area contributed by atoms with Gasteiger partial charge in [0, 0.05) is 24.8 Å². The normalized spacial score (nSPS) is 24.4. The number of nitrogens with one attached hydrogen (secondary N) is 2. The van der Waals surface area contributed by atoms with Crippen LogP contribution in [-0.4, -0.2) is 32.7 Å². The van der Waals surface area contributed by atoms with Gasteiger partial charge >= 0.3 is 0 Å². The fraction of sp³-hybridized carbons (Fsp3) is 0.583. The van der Waals surface area contributed by atoms with Crippen LogP contribution in [-0.2, 0) is 14.8 Å². The van der Waals surface area contributed by atoms with E-state index in [0.717, 1.165) is 0 Å². The average Bonchev–Trinajstić information content (AvgIpc) is 2.42. The van der Waals surface area contributed by atoms with Crippen LogP contribution >= 0.6 is 11.6 Å². The molecule has 1 heterocycles. The molecule has 0 saturated heterocycles. The summed E-state index contributed by atoms with van der Waals surface area (Å²) in [5.41, 5.74) is 2.02. The van der Waals surface area contributed by atoms with Crippen molar-refractivity contribution in [1.82, 2.24) is 9.71 Å². The molecule has 2 unspecified atom stereocenters. The molecule has 1 fully saturated rings. The molecule has 1 aromatic heterocycles. The van der Waals surface area contributed by atoms with E-state index < -0.39 is 10.0 Å². The number of nitrogens with two attached hydrogens (primary N) is 1. The van der Waals surface area contributed by atoms with E-state index >= 15 is 0 Å². The zero-order valence-electron chi connectivity index (χ0n) is 12.1. The highest BCUT2D eigenvalue weighted by Gasteiger charge is 2.50. The molecule has 0 spiro atoms. The third kappa shape index (κ3) is 3.00. The number of sulfonamides is 1. The molecule has 1 aliphatic carbocycles. The average molecular weight is 335 g/mol.